The summed E-state index contributed by atoms with van der Waals surface area (Å²) in [5.74, 6) is 0. The predicted octanol–water partition coefficient (Wildman–Crippen LogP) is 11.5. The second-order valence-electron chi connectivity index (χ2n) is 10.6. The number of rotatable bonds is 3. The van der Waals surface area contributed by atoms with Crippen LogP contribution < -0.4 is 0 Å². The van der Waals surface area contributed by atoms with Crippen molar-refractivity contribution in [2.24, 2.45) is 0 Å². The van der Waals surface area contributed by atoms with E-state index in [0.717, 1.165) is 32.0 Å². The molecule has 0 amide bonds. The molecule has 4 aromatic heterocycles. The number of thioether (sulfide) groups is 2. The lowest BCUT2D eigenvalue weighted by atomic mass is 9.95. The molecule has 0 saturated heterocycles. The van der Waals surface area contributed by atoms with E-state index in [9.17, 15) is 9.59 Å². The zero-order valence-electron chi connectivity index (χ0n) is 23.0. The van der Waals surface area contributed by atoms with Crippen LogP contribution in [0.25, 0.3) is 50.5 Å². The largest absolute Gasteiger partial charge is 0.281 e. The fourth-order valence-electron chi connectivity index (χ4n) is 5.67. The van der Waals surface area contributed by atoms with Gasteiger partial charge in [-0.1, -0.05) is 24.3 Å². The van der Waals surface area contributed by atoms with Gasteiger partial charge in [-0.3, -0.25) is 9.59 Å². The van der Waals surface area contributed by atoms with E-state index in [4.69, 9.17) is 0 Å². The number of thiophene rings is 4. The Balaban J connectivity index is 1.15. The van der Waals surface area contributed by atoms with Crippen LogP contribution in [0, 0.1) is 27.7 Å². The molecule has 0 bridgehead atoms. The first-order valence-electron chi connectivity index (χ1n) is 13.4. The van der Waals surface area contributed by atoms with Gasteiger partial charge in [0.1, 0.15) is 0 Å². The number of fused-ring (bicyclic) bond motifs is 3. The van der Waals surface area contributed by atoms with E-state index in [0.29, 0.717) is 11.1 Å². The molecular weight excluding hydrogens is 633 g/mol. The average molecular weight is 655 g/mol. The summed E-state index contributed by atoms with van der Waals surface area (Å²) in [6.45, 7) is 8.70. The first kappa shape index (κ1) is 26.9. The van der Waals surface area contributed by atoms with Crippen molar-refractivity contribution in [2.45, 2.75) is 37.5 Å². The van der Waals surface area contributed by atoms with E-state index < -0.39 is 0 Å². The van der Waals surface area contributed by atoms with E-state index in [1.807, 2.05) is 65.2 Å². The van der Waals surface area contributed by atoms with Crippen molar-refractivity contribution < 1.29 is 9.59 Å². The van der Waals surface area contributed by atoms with Crippen LogP contribution in [0.5, 0.6) is 0 Å². The Hall–Kier alpha value is -2.72. The number of aryl methyl sites for hydroxylation is 4. The molecule has 0 fully saturated rings. The minimum Gasteiger partial charge on any atom is -0.281 e. The first-order chi connectivity index (χ1) is 20.3. The van der Waals surface area contributed by atoms with E-state index in [1.165, 1.54) is 73.3 Å². The number of carbonyl (C=O) groups is 2. The number of carbonyl (C=O) groups excluding carboxylic acids is 2. The predicted molar refractivity (Wildman–Crippen MR) is 186 cm³/mol. The van der Waals surface area contributed by atoms with E-state index in [1.54, 1.807) is 11.3 Å². The van der Waals surface area contributed by atoms with Crippen molar-refractivity contribution in [3.05, 3.63) is 93.4 Å². The molecule has 206 valence electrons. The molecule has 0 atom stereocenters. The minimum absolute atomic E-state index is 0.0431. The number of benzene rings is 2. The molecule has 0 N–H and O–H groups in total. The van der Waals surface area contributed by atoms with Gasteiger partial charge in [-0.25, -0.2) is 0 Å². The summed E-state index contributed by atoms with van der Waals surface area (Å²) in [4.78, 5) is 36.1. The molecule has 0 unspecified atom stereocenters. The Morgan fingerprint density at radius 3 is 1.69 bits per heavy atom. The molecule has 42 heavy (non-hydrogen) atoms. The minimum atomic E-state index is -0.0480. The topological polar surface area (TPSA) is 34.1 Å². The zero-order chi connectivity index (χ0) is 28.9. The second-order valence-corrected chi connectivity index (χ2v) is 17.0. The van der Waals surface area contributed by atoms with E-state index >= 15 is 0 Å². The summed E-state index contributed by atoms with van der Waals surface area (Å²) in [6, 6.07) is 21.1. The van der Waals surface area contributed by atoms with Crippen LogP contribution in [0.2, 0.25) is 0 Å². The number of hydrogen-bond acceptors (Lipinski definition) is 8. The Bertz CT molecular complexity index is 2180. The molecule has 8 heteroatoms. The highest BCUT2D eigenvalue weighted by atomic mass is 32.2. The molecule has 6 aromatic rings. The monoisotopic (exact) mass is 654 g/mol. The summed E-state index contributed by atoms with van der Waals surface area (Å²) in [5.41, 5.74) is 7.80. The summed E-state index contributed by atoms with van der Waals surface area (Å²) in [6.07, 6.45) is 0. The second kappa shape index (κ2) is 9.91. The highest BCUT2D eigenvalue weighted by Gasteiger charge is 2.36. The molecular formula is C34H22O2S6. The lowest BCUT2D eigenvalue weighted by molar-refractivity contribution is -0.107. The van der Waals surface area contributed by atoms with Gasteiger partial charge in [-0.05, 0) is 110 Å². The van der Waals surface area contributed by atoms with Gasteiger partial charge in [-0.2, -0.15) is 0 Å². The normalized spacial score (nSPS) is 16.2. The van der Waals surface area contributed by atoms with Crippen LogP contribution >= 0.6 is 68.9 Å². The quantitative estimate of drug-likeness (QED) is 0.178. The van der Waals surface area contributed by atoms with Crippen molar-refractivity contribution >= 4 is 99.6 Å². The van der Waals surface area contributed by atoms with E-state index in [2.05, 4.69) is 57.2 Å². The third-order valence-electron chi connectivity index (χ3n) is 7.78. The highest BCUT2D eigenvalue weighted by molar-refractivity contribution is 8.16. The third kappa shape index (κ3) is 4.11. The lowest BCUT2D eigenvalue weighted by Crippen LogP contribution is -1.99. The van der Waals surface area contributed by atoms with Crippen molar-refractivity contribution in [1.29, 1.82) is 0 Å². The molecule has 0 saturated carbocycles. The number of hydrogen-bond donors (Lipinski definition) is 0. The molecule has 8 rings (SSSR count). The Morgan fingerprint density at radius 2 is 1.07 bits per heavy atom. The molecule has 2 nitrogen and oxygen atoms in total. The van der Waals surface area contributed by atoms with Crippen molar-refractivity contribution in [3.8, 4) is 29.9 Å². The van der Waals surface area contributed by atoms with Crippen LogP contribution in [0.3, 0.4) is 0 Å². The molecule has 2 aliphatic rings. The van der Waals surface area contributed by atoms with Gasteiger partial charge in [0.25, 0.3) is 0 Å². The maximum Gasteiger partial charge on any atom is 0.225 e. The average Bonchev–Trinajstić information content (AvgIpc) is 3.79. The van der Waals surface area contributed by atoms with Gasteiger partial charge in [0.15, 0.2) is 0 Å². The summed E-state index contributed by atoms with van der Waals surface area (Å²) >= 11 is 9.95. The maximum atomic E-state index is 13.3. The molecule has 2 aliphatic heterocycles. The fourth-order valence-corrected chi connectivity index (χ4v) is 12.7. The van der Waals surface area contributed by atoms with Gasteiger partial charge in [0.2, 0.25) is 10.2 Å². The van der Waals surface area contributed by atoms with Gasteiger partial charge in [0, 0.05) is 70.7 Å². The van der Waals surface area contributed by atoms with Crippen molar-refractivity contribution in [1.82, 2.24) is 0 Å². The molecule has 0 aliphatic carbocycles. The van der Waals surface area contributed by atoms with Gasteiger partial charge < -0.3 is 0 Å². The highest BCUT2D eigenvalue weighted by Crippen LogP contribution is 2.53. The van der Waals surface area contributed by atoms with Gasteiger partial charge in [0.05, 0.1) is 0 Å². The van der Waals surface area contributed by atoms with Crippen molar-refractivity contribution in [3.63, 3.8) is 0 Å². The Morgan fingerprint density at radius 1 is 0.524 bits per heavy atom. The molecule has 0 radical (unpaired) electrons. The smallest absolute Gasteiger partial charge is 0.225 e. The maximum absolute atomic E-state index is 13.3. The Labute approximate surface area is 268 Å². The molecule has 0 spiro atoms. The SMILES string of the molecule is Cc1ccc2c(c1)SC(=O)/C2=C1/C(=O)Sc2cc(-c3ccc(-c4sc5c(C)c(-c6ccc(C)s6)sc5c4C)s3)ccc21. The van der Waals surface area contributed by atoms with Crippen LogP contribution in [0.1, 0.15) is 32.7 Å². The van der Waals surface area contributed by atoms with Crippen LogP contribution in [-0.4, -0.2) is 10.2 Å². The molecule has 6 heterocycles. The summed E-state index contributed by atoms with van der Waals surface area (Å²) in [7, 11) is 0. The third-order valence-corrected chi connectivity index (χ3v) is 15.1. The van der Waals surface area contributed by atoms with Crippen LogP contribution in [0.4, 0.5) is 0 Å². The fraction of sp³-hybridized carbons (Fsp3) is 0.118. The van der Waals surface area contributed by atoms with Crippen LogP contribution in [0.15, 0.2) is 70.5 Å². The standard InChI is InChI=1S/C34H22O2S6/c1-15-5-8-20-25(13-15)39-33(35)27(20)28-21-9-7-19(14-26(21)40-34(28)36)22-11-12-24(38-22)30-18(4)32-31(42-30)17(3)29(41-32)23-10-6-16(2)37-23/h5-14H,1-4H3/b28-27+. The van der Waals surface area contributed by atoms with Crippen molar-refractivity contribution in [2.75, 3.05) is 0 Å². The van der Waals surface area contributed by atoms with Gasteiger partial charge in [-0.15, -0.1) is 45.3 Å². The summed E-state index contributed by atoms with van der Waals surface area (Å²) in [5, 5.41) is -0.0911. The first-order valence-corrected chi connectivity index (χ1v) is 18.3. The van der Waals surface area contributed by atoms with Crippen LogP contribution in [-0.2, 0) is 9.59 Å². The van der Waals surface area contributed by atoms with E-state index in [-0.39, 0.29) is 10.2 Å². The molecule has 2 aromatic carbocycles. The van der Waals surface area contributed by atoms with Gasteiger partial charge >= 0.3 is 0 Å². The Kier molecular flexibility index (Phi) is 6.34. The zero-order valence-corrected chi connectivity index (χ0v) is 27.9. The summed E-state index contributed by atoms with van der Waals surface area (Å²) < 4.78 is 2.79. The lowest BCUT2D eigenvalue weighted by Gasteiger charge is -2.06.